The van der Waals surface area contributed by atoms with Crippen molar-refractivity contribution in [3.63, 3.8) is 0 Å². The lowest BCUT2D eigenvalue weighted by Crippen LogP contribution is -2.37. The molecule has 2 aromatic rings. The summed E-state index contributed by atoms with van der Waals surface area (Å²) in [6.45, 7) is 4.59. The standard InChI is InChI=1S/C17H23N5O.C2HF3O2/c1-13-5-9-22(10-6-13)17(23)14-3-4-16(20-11-14)21(2)12-15-18-7-8-19-15;3-2(4,5)1(6)7/h3-4,7-8,11,13H,5-6,9-10,12H2,1-2H3,(H,18,19);(H,6,7). The number of amides is 1. The zero-order valence-corrected chi connectivity index (χ0v) is 16.7. The summed E-state index contributed by atoms with van der Waals surface area (Å²) in [4.78, 5) is 37.0. The Morgan fingerprint density at radius 1 is 1.27 bits per heavy atom. The van der Waals surface area contributed by atoms with Crippen molar-refractivity contribution in [2.75, 3.05) is 25.0 Å². The number of carboxylic acids is 1. The van der Waals surface area contributed by atoms with Crippen LogP contribution in [0.2, 0.25) is 0 Å². The van der Waals surface area contributed by atoms with Gasteiger partial charge < -0.3 is 19.9 Å². The lowest BCUT2D eigenvalue weighted by atomic mass is 9.99. The van der Waals surface area contributed by atoms with Crippen LogP contribution >= 0.6 is 0 Å². The van der Waals surface area contributed by atoms with Crippen LogP contribution in [0.3, 0.4) is 0 Å². The lowest BCUT2D eigenvalue weighted by Gasteiger charge is -2.30. The number of likely N-dealkylation sites (tertiary alicyclic amines) is 1. The van der Waals surface area contributed by atoms with E-state index in [4.69, 9.17) is 9.90 Å². The average Bonchev–Trinajstić information content (AvgIpc) is 3.21. The molecule has 8 nitrogen and oxygen atoms in total. The van der Waals surface area contributed by atoms with E-state index in [9.17, 15) is 18.0 Å². The minimum atomic E-state index is -5.08. The van der Waals surface area contributed by atoms with Gasteiger partial charge in [0.15, 0.2) is 0 Å². The van der Waals surface area contributed by atoms with Crippen LogP contribution in [-0.4, -0.2) is 63.1 Å². The van der Waals surface area contributed by atoms with Crippen molar-refractivity contribution in [2.45, 2.75) is 32.5 Å². The molecule has 0 spiro atoms. The van der Waals surface area contributed by atoms with Crippen molar-refractivity contribution in [1.82, 2.24) is 19.9 Å². The van der Waals surface area contributed by atoms with Crippen molar-refractivity contribution in [3.8, 4) is 0 Å². The van der Waals surface area contributed by atoms with E-state index >= 15 is 0 Å². The Hall–Kier alpha value is -3.11. The fraction of sp³-hybridized carbons (Fsp3) is 0.474. The summed E-state index contributed by atoms with van der Waals surface area (Å²) in [5, 5.41) is 7.12. The summed E-state index contributed by atoms with van der Waals surface area (Å²) in [5.41, 5.74) is 0.662. The quantitative estimate of drug-likeness (QED) is 0.778. The third-order valence-electron chi connectivity index (χ3n) is 4.64. The van der Waals surface area contributed by atoms with Crippen molar-refractivity contribution >= 4 is 17.7 Å². The maximum atomic E-state index is 12.5. The molecule has 1 fully saturated rings. The SMILES string of the molecule is CC1CCN(C(=O)c2ccc(N(C)Cc3ncc[nH]3)nc2)CC1.O=C(O)C(F)(F)F. The highest BCUT2D eigenvalue weighted by molar-refractivity contribution is 5.94. The number of alkyl halides is 3. The first-order valence-electron chi connectivity index (χ1n) is 9.32. The number of piperidine rings is 1. The summed E-state index contributed by atoms with van der Waals surface area (Å²) in [6, 6.07) is 3.75. The van der Waals surface area contributed by atoms with Crippen LogP contribution < -0.4 is 4.90 Å². The van der Waals surface area contributed by atoms with Crippen molar-refractivity contribution < 1.29 is 27.9 Å². The number of nitrogens with zero attached hydrogens (tertiary/aromatic N) is 4. The Labute approximate surface area is 171 Å². The molecule has 0 aliphatic carbocycles. The number of rotatable bonds is 4. The first-order valence-corrected chi connectivity index (χ1v) is 9.32. The third-order valence-corrected chi connectivity index (χ3v) is 4.64. The van der Waals surface area contributed by atoms with E-state index < -0.39 is 12.1 Å². The molecule has 1 amide bonds. The highest BCUT2D eigenvalue weighted by Gasteiger charge is 2.38. The Morgan fingerprint density at radius 2 is 1.90 bits per heavy atom. The Kier molecular flexibility index (Phi) is 7.79. The van der Waals surface area contributed by atoms with Gasteiger partial charge in [0.2, 0.25) is 0 Å². The van der Waals surface area contributed by atoms with Gasteiger partial charge in [-0.15, -0.1) is 0 Å². The monoisotopic (exact) mass is 427 g/mol. The van der Waals surface area contributed by atoms with Crippen LogP contribution in [0.5, 0.6) is 0 Å². The Balaban J connectivity index is 0.000000396. The third kappa shape index (κ3) is 6.75. The van der Waals surface area contributed by atoms with Crippen LogP contribution in [0, 0.1) is 5.92 Å². The second-order valence-corrected chi connectivity index (χ2v) is 7.07. The van der Waals surface area contributed by atoms with Gasteiger partial charge in [-0.1, -0.05) is 6.92 Å². The van der Waals surface area contributed by atoms with Crippen LogP contribution in [0.25, 0.3) is 0 Å². The van der Waals surface area contributed by atoms with E-state index in [1.54, 1.807) is 18.6 Å². The molecular formula is C19H24F3N5O3. The molecule has 1 aliphatic heterocycles. The predicted octanol–water partition coefficient (Wildman–Crippen LogP) is 2.95. The van der Waals surface area contributed by atoms with Gasteiger partial charge in [0.25, 0.3) is 5.91 Å². The van der Waals surface area contributed by atoms with Crippen LogP contribution in [0.1, 0.15) is 35.9 Å². The van der Waals surface area contributed by atoms with Gasteiger partial charge in [0.05, 0.1) is 12.1 Å². The molecule has 1 aliphatic rings. The molecule has 0 radical (unpaired) electrons. The number of hydrogen-bond donors (Lipinski definition) is 2. The molecule has 2 N–H and O–H groups in total. The van der Waals surface area contributed by atoms with Gasteiger partial charge >= 0.3 is 12.1 Å². The zero-order valence-electron chi connectivity index (χ0n) is 16.7. The molecular weight excluding hydrogens is 403 g/mol. The fourth-order valence-corrected chi connectivity index (χ4v) is 2.82. The maximum Gasteiger partial charge on any atom is 0.490 e. The number of aliphatic carboxylic acids is 1. The van der Waals surface area contributed by atoms with E-state index in [-0.39, 0.29) is 5.91 Å². The van der Waals surface area contributed by atoms with Crippen molar-refractivity contribution in [3.05, 3.63) is 42.1 Å². The van der Waals surface area contributed by atoms with Gasteiger partial charge in [0.1, 0.15) is 11.6 Å². The minimum absolute atomic E-state index is 0.0876. The second-order valence-electron chi connectivity index (χ2n) is 7.07. The number of carbonyl (C=O) groups is 2. The van der Waals surface area contributed by atoms with E-state index in [0.717, 1.165) is 43.5 Å². The number of imidazole rings is 1. The number of nitrogens with one attached hydrogen (secondary N) is 1. The van der Waals surface area contributed by atoms with E-state index in [2.05, 4.69) is 21.9 Å². The Bertz CT molecular complexity index is 817. The molecule has 3 heterocycles. The van der Waals surface area contributed by atoms with Crippen molar-refractivity contribution in [2.24, 2.45) is 5.92 Å². The first-order chi connectivity index (χ1) is 14.1. The van der Waals surface area contributed by atoms with Crippen LogP contribution in [0.15, 0.2) is 30.7 Å². The number of aromatic nitrogens is 3. The first kappa shape index (κ1) is 23.2. The number of halogens is 3. The number of aromatic amines is 1. The molecule has 0 aromatic carbocycles. The van der Waals surface area contributed by atoms with Gasteiger partial charge in [-0.05, 0) is 30.9 Å². The Morgan fingerprint density at radius 3 is 2.37 bits per heavy atom. The molecule has 0 bridgehead atoms. The molecule has 164 valence electrons. The number of anilines is 1. The van der Waals surface area contributed by atoms with E-state index in [0.29, 0.717) is 12.1 Å². The number of H-pyrrole nitrogens is 1. The predicted molar refractivity (Wildman–Crippen MR) is 103 cm³/mol. The summed E-state index contributed by atoms with van der Waals surface area (Å²) in [5.74, 6) is -0.242. The molecule has 11 heteroatoms. The van der Waals surface area contributed by atoms with Crippen molar-refractivity contribution in [1.29, 1.82) is 0 Å². The number of carboxylic acid groups (broad SMARTS) is 1. The summed E-state index contributed by atoms with van der Waals surface area (Å²) in [6.07, 6.45) is 2.30. The number of hydrogen-bond acceptors (Lipinski definition) is 5. The zero-order chi connectivity index (χ0) is 22.3. The molecule has 0 atom stereocenters. The van der Waals surface area contributed by atoms with Crippen LogP contribution in [0.4, 0.5) is 19.0 Å². The number of pyridine rings is 1. The highest BCUT2D eigenvalue weighted by Crippen LogP contribution is 2.19. The molecule has 30 heavy (non-hydrogen) atoms. The molecule has 3 rings (SSSR count). The van der Waals surface area contributed by atoms with Gasteiger partial charge in [-0.2, -0.15) is 13.2 Å². The largest absolute Gasteiger partial charge is 0.490 e. The topological polar surface area (TPSA) is 102 Å². The molecule has 0 saturated carbocycles. The lowest BCUT2D eigenvalue weighted by molar-refractivity contribution is -0.192. The second kappa shape index (κ2) is 10.1. The average molecular weight is 427 g/mol. The molecule has 0 unspecified atom stereocenters. The smallest absolute Gasteiger partial charge is 0.475 e. The van der Waals surface area contributed by atoms with Gasteiger partial charge in [-0.3, -0.25) is 4.79 Å². The maximum absolute atomic E-state index is 12.5. The normalized spacial score (nSPS) is 14.6. The molecule has 1 saturated heterocycles. The summed E-state index contributed by atoms with van der Waals surface area (Å²) in [7, 11) is 1.96. The fourth-order valence-electron chi connectivity index (χ4n) is 2.82. The van der Waals surface area contributed by atoms with Crippen LogP contribution in [-0.2, 0) is 11.3 Å². The highest BCUT2D eigenvalue weighted by atomic mass is 19.4. The van der Waals surface area contributed by atoms with Gasteiger partial charge in [-0.25, -0.2) is 14.8 Å². The number of carbonyl (C=O) groups excluding carboxylic acids is 1. The van der Waals surface area contributed by atoms with Gasteiger partial charge in [0, 0.05) is 38.7 Å². The minimum Gasteiger partial charge on any atom is -0.475 e. The van der Waals surface area contributed by atoms with E-state index in [1.165, 1.54) is 0 Å². The summed E-state index contributed by atoms with van der Waals surface area (Å²) >= 11 is 0. The molecule has 2 aromatic heterocycles. The summed E-state index contributed by atoms with van der Waals surface area (Å²) < 4.78 is 31.7. The van der Waals surface area contributed by atoms with E-state index in [1.807, 2.05) is 29.0 Å².